The van der Waals surface area contributed by atoms with Crippen LogP contribution in [0.3, 0.4) is 0 Å². The number of rotatable bonds is 7. The molecule has 3 rings (SSSR count). The SMILES string of the molecule is COC(=O)c1cc(C(N)=O)c(C)cc1O[C@H](CN1CCN(C(=O)OC(C)(C)C)[C@H](C)C1)c1ccc(C)c(F)c1. The fourth-order valence-corrected chi connectivity index (χ4v) is 4.51. The zero-order valence-electron chi connectivity index (χ0n) is 23.7. The first-order valence-corrected chi connectivity index (χ1v) is 12.9. The molecule has 0 bridgehead atoms. The van der Waals surface area contributed by atoms with Crippen molar-refractivity contribution in [2.75, 3.05) is 33.3 Å². The van der Waals surface area contributed by atoms with Crippen LogP contribution < -0.4 is 10.5 Å². The second-order valence-corrected chi connectivity index (χ2v) is 10.9. The van der Waals surface area contributed by atoms with Crippen LogP contribution in [0.4, 0.5) is 9.18 Å². The molecule has 10 heteroatoms. The van der Waals surface area contributed by atoms with Crippen molar-refractivity contribution in [1.82, 2.24) is 9.80 Å². The number of nitrogens with two attached hydrogens (primary N) is 1. The van der Waals surface area contributed by atoms with Gasteiger partial charge in [-0.3, -0.25) is 9.69 Å². The molecule has 2 amide bonds. The van der Waals surface area contributed by atoms with Crippen LogP contribution in [0, 0.1) is 19.7 Å². The number of esters is 1. The standard InChI is InChI=1S/C29H38FN3O6/c1-17-8-9-20(13-23(17)30)25(16-32-10-11-33(19(3)15-32)28(36)39-29(4,5)6)38-24-12-18(2)21(26(31)34)14-22(24)27(35)37-7/h8-9,12-14,19,25H,10-11,15-16H2,1-7H3,(H2,31,34)/t19-,25-/m1/s1. The Hall–Kier alpha value is -3.66. The highest BCUT2D eigenvalue weighted by Crippen LogP contribution is 2.31. The van der Waals surface area contributed by atoms with Gasteiger partial charge in [0.1, 0.15) is 28.8 Å². The van der Waals surface area contributed by atoms with E-state index in [4.69, 9.17) is 19.9 Å². The van der Waals surface area contributed by atoms with Gasteiger partial charge in [0.15, 0.2) is 0 Å². The van der Waals surface area contributed by atoms with Crippen molar-refractivity contribution >= 4 is 18.0 Å². The second-order valence-electron chi connectivity index (χ2n) is 10.9. The highest BCUT2D eigenvalue weighted by molar-refractivity contribution is 5.99. The average molecular weight is 544 g/mol. The molecule has 1 aliphatic rings. The van der Waals surface area contributed by atoms with Crippen molar-refractivity contribution in [2.45, 2.75) is 59.3 Å². The first-order valence-electron chi connectivity index (χ1n) is 12.9. The van der Waals surface area contributed by atoms with Gasteiger partial charge in [0, 0.05) is 37.8 Å². The first kappa shape index (κ1) is 29.9. The number of halogens is 1. The van der Waals surface area contributed by atoms with Gasteiger partial charge in [0.2, 0.25) is 5.91 Å². The maximum absolute atomic E-state index is 14.6. The van der Waals surface area contributed by atoms with Crippen LogP contribution in [0.15, 0.2) is 30.3 Å². The Morgan fingerprint density at radius 1 is 1.08 bits per heavy atom. The molecule has 2 aromatic carbocycles. The van der Waals surface area contributed by atoms with E-state index < -0.39 is 23.6 Å². The number of carbonyl (C=O) groups excluding carboxylic acids is 3. The van der Waals surface area contributed by atoms with Crippen molar-refractivity contribution in [3.8, 4) is 5.75 Å². The Bertz CT molecular complexity index is 1240. The third kappa shape index (κ3) is 7.47. The molecule has 0 unspecified atom stereocenters. The molecule has 0 spiro atoms. The molecule has 1 saturated heterocycles. The second kappa shape index (κ2) is 12.0. The van der Waals surface area contributed by atoms with E-state index in [1.54, 1.807) is 36.9 Å². The van der Waals surface area contributed by atoms with Gasteiger partial charge < -0.3 is 24.8 Å². The van der Waals surface area contributed by atoms with E-state index in [-0.39, 0.29) is 34.8 Å². The number of hydrogen-bond acceptors (Lipinski definition) is 7. The Morgan fingerprint density at radius 2 is 1.77 bits per heavy atom. The quantitative estimate of drug-likeness (QED) is 0.516. The predicted octanol–water partition coefficient (Wildman–Crippen LogP) is 4.39. The maximum Gasteiger partial charge on any atom is 0.410 e. The Balaban J connectivity index is 1.91. The predicted molar refractivity (Wildman–Crippen MR) is 144 cm³/mol. The fourth-order valence-electron chi connectivity index (χ4n) is 4.51. The smallest absolute Gasteiger partial charge is 0.410 e. The van der Waals surface area contributed by atoms with E-state index in [9.17, 15) is 18.8 Å². The van der Waals surface area contributed by atoms with E-state index in [2.05, 4.69) is 4.90 Å². The lowest BCUT2D eigenvalue weighted by atomic mass is 10.0. The average Bonchev–Trinajstić information content (AvgIpc) is 2.83. The van der Waals surface area contributed by atoms with E-state index in [0.29, 0.717) is 42.9 Å². The molecular weight excluding hydrogens is 505 g/mol. The van der Waals surface area contributed by atoms with E-state index in [1.807, 2.05) is 27.7 Å². The summed E-state index contributed by atoms with van der Waals surface area (Å²) in [6.45, 7) is 12.7. The maximum atomic E-state index is 14.6. The topological polar surface area (TPSA) is 111 Å². The molecule has 2 atom stereocenters. The van der Waals surface area contributed by atoms with Gasteiger partial charge >= 0.3 is 12.1 Å². The summed E-state index contributed by atoms with van der Waals surface area (Å²) in [5.41, 5.74) is 6.70. The van der Waals surface area contributed by atoms with E-state index in [0.717, 1.165) is 0 Å². The molecule has 0 aliphatic carbocycles. The molecule has 0 aromatic heterocycles. The largest absolute Gasteiger partial charge is 0.483 e. The van der Waals surface area contributed by atoms with Crippen LogP contribution in [0.2, 0.25) is 0 Å². The number of benzene rings is 2. The van der Waals surface area contributed by atoms with Crippen LogP contribution >= 0.6 is 0 Å². The summed E-state index contributed by atoms with van der Waals surface area (Å²) in [4.78, 5) is 41.0. The number of nitrogens with zero attached hydrogens (tertiary/aromatic N) is 2. The molecular formula is C29H38FN3O6. The third-order valence-corrected chi connectivity index (χ3v) is 6.60. The highest BCUT2D eigenvalue weighted by Gasteiger charge is 2.33. The fraction of sp³-hybridized carbons (Fsp3) is 0.483. The van der Waals surface area contributed by atoms with Gasteiger partial charge in [-0.1, -0.05) is 12.1 Å². The van der Waals surface area contributed by atoms with Crippen LogP contribution in [0.25, 0.3) is 0 Å². The highest BCUT2D eigenvalue weighted by atomic mass is 19.1. The minimum absolute atomic E-state index is 0.0394. The van der Waals surface area contributed by atoms with Gasteiger partial charge in [-0.25, -0.2) is 14.0 Å². The minimum atomic E-state index is -0.694. The summed E-state index contributed by atoms with van der Waals surface area (Å²) >= 11 is 0. The Kier molecular flexibility index (Phi) is 9.22. The van der Waals surface area contributed by atoms with Gasteiger partial charge in [-0.15, -0.1) is 0 Å². The molecule has 9 nitrogen and oxygen atoms in total. The van der Waals surface area contributed by atoms with Crippen LogP contribution in [-0.4, -0.2) is 72.7 Å². The molecule has 2 N–H and O–H groups in total. The molecule has 2 aromatic rings. The molecule has 0 saturated carbocycles. The van der Waals surface area contributed by atoms with Gasteiger partial charge in [0.05, 0.1) is 7.11 Å². The summed E-state index contributed by atoms with van der Waals surface area (Å²) < 4.78 is 31.4. The normalized spacial score (nSPS) is 16.9. The van der Waals surface area contributed by atoms with Crippen molar-refractivity contribution in [3.63, 3.8) is 0 Å². The molecule has 1 heterocycles. The monoisotopic (exact) mass is 543 g/mol. The van der Waals surface area contributed by atoms with Crippen molar-refractivity contribution in [1.29, 1.82) is 0 Å². The molecule has 0 radical (unpaired) electrons. The lowest BCUT2D eigenvalue weighted by Crippen LogP contribution is -2.55. The van der Waals surface area contributed by atoms with Gasteiger partial charge in [-0.05, 0) is 76.4 Å². The number of amides is 2. The molecule has 1 fully saturated rings. The number of aryl methyl sites for hydroxylation is 2. The van der Waals surface area contributed by atoms with Crippen molar-refractivity contribution in [2.24, 2.45) is 5.73 Å². The number of piperazine rings is 1. The van der Waals surface area contributed by atoms with Crippen LogP contribution in [-0.2, 0) is 9.47 Å². The zero-order chi connectivity index (χ0) is 29.1. The Labute approximate surface area is 229 Å². The van der Waals surface area contributed by atoms with Gasteiger partial charge in [-0.2, -0.15) is 0 Å². The lowest BCUT2D eigenvalue weighted by molar-refractivity contribution is -0.00301. The third-order valence-electron chi connectivity index (χ3n) is 6.60. The summed E-state index contributed by atoms with van der Waals surface area (Å²) in [5, 5.41) is 0. The Morgan fingerprint density at radius 3 is 2.33 bits per heavy atom. The zero-order valence-corrected chi connectivity index (χ0v) is 23.7. The molecule has 212 valence electrons. The number of carbonyl (C=O) groups is 3. The number of methoxy groups -OCH3 is 1. The number of primary amides is 1. The van der Waals surface area contributed by atoms with Crippen LogP contribution in [0.5, 0.6) is 5.75 Å². The number of ether oxygens (including phenoxy) is 3. The van der Waals surface area contributed by atoms with Crippen LogP contribution in [0.1, 0.15) is 71.2 Å². The first-order chi connectivity index (χ1) is 18.2. The van der Waals surface area contributed by atoms with Gasteiger partial charge in [0.25, 0.3) is 0 Å². The summed E-state index contributed by atoms with van der Waals surface area (Å²) in [6, 6.07) is 7.66. The summed E-state index contributed by atoms with van der Waals surface area (Å²) in [7, 11) is 1.23. The number of hydrogen-bond donors (Lipinski definition) is 1. The molecule has 1 aliphatic heterocycles. The minimum Gasteiger partial charge on any atom is -0.483 e. The summed E-state index contributed by atoms with van der Waals surface area (Å²) in [6.07, 6.45) is -1.04. The lowest BCUT2D eigenvalue weighted by Gasteiger charge is -2.41. The van der Waals surface area contributed by atoms with Crippen molar-refractivity contribution < 1.29 is 33.0 Å². The summed E-state index contributed by atoms with van der Waals surface area (Å²) in [5.74, 6) is -1.56. The van der Waals surface area contributed by atoms with E-state index >= 15 is 0 Å². The van der Waals surface area contributed by atoms with Crippen molar-refractivity contribution in [3.05, 3.63) is 64.0 Å². The molecule has 39 heavy (non-hydrogen) atoms. The van der Waals surface area contributed by atoms with E-state index in [1.165, 1.54) is 19.2 Å².